The summed E-state index contributed by atoms with van der Waals surface area (Å²) in [5.41, 5.74) is 3.57. The van der Waals surface area contributed by atoms with E-state index in [1.807, 2.05) is 37.4 Å². The first-order valence-electron chi connectivity index (χ1n) is 7.99. The third-order valence-electron chi connectivity index (χ3n) is 3.90. The molecular weight excluding hydrogens is 330 g/mol. The molecule has 0 atom stereocenters. The lowest BCUT2D eigenvalue weighted by atomic mass is 10.2. The largest absolute Gasteiger partial charge is 0.431 e. The fourth-order valence-corrected chi connectivity index (χ4v) is 2.65. The van der Waals surface area contributed by atoms with Crippen LogP contribution in [0, 0.1) is 6.92 Å². The van der Waals surface area contributed by atoms with Crippen molar-refractivity contribution in [3.05, 3.63) is 78.7 Å². The molecule has 0 spiro atoms. The predicted molar refractivity (Wildman–Crippen MR) is 96.0 cm³/mol. The van der Waals surface area contributed by atoms with Gasteiger partial charge in [-0.2, -0.15) is 4.98 Å². The summed E-state index contributed by atoms with van der Waals surface area (Å²) in [5, 5.41) is 2.68. The van der Waals surface area contributed by atoms with Crippen molar-refractivity contribution < 1.29 is 9.21 Å². The zero-order chi connectivity index (χ0) is 17.9. The summed E-state index contributed by atoms with van der Waals surface area (Å²) >= 11 is 0. The number of nitrogens with zero attached hydrogens (tertiary/aromatic N) is 4. The summed E-state index contributed by atoms with van der Waals surface area (Å²) in [7, 11) is 0. The highest BCUT2D eigenvalue weighted by atomic mass is 16.4. The third-order valence-corrected chi connectivity index (χ3v) is 3.90. The van der Waals surface area contributed by atoms with E-state index in [4.69, 9.17) is 4.42 Å². The first-order chi connectivity index (χ1) is 12.7. The molecule has 4 heterocycles. The number of nitrogens with one attached hydrogen (secondary N) is 1. The molecule has 7 nitrogen and oxygen atoms in total. The zero-order valence-corrected chi connectivity index (χ0v) is 14.0. The SMILES string of the molecule is Cc1cccnc1-c1coc(NC(=O)c2cccn2-c2ccncc2)n1. The van der Waals surface area contributed by atoms with E-state index in [1.54, 1.807) is 35.3 Å². The highest BCUT2D eigenvalue weighted by Crippen LogP contribution is 2.22. The Labute approximate surface area is 149 Å². The number of hydrogen-bond acceptors (Lipinski definition) is 5. The standard InChI is InChI=1S/C19H15N5O2/c1-13-4-2-8-21-17(13)15-12-26-19(22-15)23-18(25)16-5-3-11-24(16)14-6-9-20-10-7-14/h2-12H,1H3,(H,22,23,25). The molecule has 0 aliphatic carbocycles. The van der Waals surface area contributed by atoms with Crippen LogP contribution in [0.15, 0.2) is 71.9 Å². The van der Waals surface area contributed by atoms with Gasteiger partial charge < -0.3 is 8.98 Å². The molecule has 0 aliphatic rings. The maximum atomic E-state index is 12.6. The van der Waals surface area contributed by atoms with Crippen LogP contribution in [0.25, 0.3) is 17.1 Å². The lowest BCUT2D eigenvalue weighted by Gasteiger charge is -2.07. The molecule has 0 saturated heterocycles. The molecule has 128 valence electrons. The van der Waals surface area contributed by atoms with E-state index < -0.39 is 0 Å². The number of carbonyl (C=O) groups is 1. The van der Waals surface area contributed by atoms with Gasteiger partial charge in [0.15, 0.2) is 0 Å². The van der Waals surface area contributed by atoms with Crippen LogP contribution in [0.3, 0.4) is 0 Å². The summed E-state index contributed by atoms with van der Waals surface area (Å²) in [5.74, 6) is -0.321. The lowest BCUT2D eigenvalue weighted by molar-refractivity contribution is 0.101. The smallest absolute Gasteiger partial charge is 0.302 e. The lowest BCUT2D eigenvalue weighted by Crippen LogP contribution is -2.16. The molecule has 4 rings (SSSR count). The van der Waals surface area contributed by atoms with Gasteiger partial charge in [0.2, 0.25) is 0 Å². The number of aryl methyl sites for hydroxylation is 1. The first-order valence-corrected chi connectivity index (χ1v) is 7.99. The second-order valence-corrected chi connectivity index (χ2v) is 5.63. The van der Waals surface area contributed by atoms with E-state index >= 15 is 0 Å². The van der Waals surface area contributed by atoms with Crippen LogP contribution < -0.4 is 5.32 Å². The topological polar surface area (TPSA) is 85.8 Å². The fourth-order valence-electron chi connectivity index (χ4n) is 2.65. The Kier molecular flexibility index (Phi) is 4.03. The molecule has 7 heteroatoms. The summed E-state index contributed by atoms with van der Waals surface area (Å²) in [6.07, 6.45) is 8.32. The van der Waals surface area contributed by atoms with Gasteiger partial charge in [-0.15, -0.1) is 0 Å². The van der Waals surface area contributed by atoms with Crippen molar-refractivity contribution in [1.82, 2.24) is 19.5 Å². The van der Waals surface area contributed by atoms with Crippen LogP contribution in [-0.2, 0) is 0 Å². The predicted octanol–water partition coefficient (Wildman–Crippen LogP) is 3.48. The monoisotopic (exact) mass is 345 g/mol. The Hall–Kier alpha value is -3.74. The van der Waals surface area contributed by atoms with E-state index in [-0.39, 0.29) is 11.9 Å². The number of oxazole rings is 1. The second kappa shape index (κ2) is 6.64. The second-order valence-electron chi connectivity index (χ2n) is 5.63. The molecule has 0 aliphatic heterocycles. The number of pyridine rings is 2. The van der Waals surface area contributed by atoms with Crippen LogP contribution in [0.5, 0.6) is 0 Å². The zero-order valence-electron chi connectivity index (χ0n) is 14.0. The molecule has 0 bridgehead atoms. The minimum absolute atomic E-state index is 0.123. The molecule has 4 aromatic heterocycles. The van der Waals surface area contributed by atoms with Gasteiger partial charge in [0, 0.05) is 30.5 Å². The third kappa shape index (κ3) is 2.98. The van der Waals surface area contributed by atoms with Gasteiger partial charge in [-0.3, -0.25) is 20.1 Å². The van der Waals surface area contributed by atoms with Crippen molar-refractivity contribution in [2.24, 2.45) is 0 Å². The number of anilines is 1. The molecule has 0 fully saturated rings. The number of hydrogen-bond donors (Lipinski definition) is 1. The first kappa shape index (κ1) is 15.8. The molecule has 0 saturated carbocycles. The Bertz CT molecular complexity index is 1050. The van der Waals surface area contributed by atoms with Gasteiger partial charge >= 0.3 is 6.01 Å². The van der Waals surface area contributed by atoms with E-state index in [0.29, 0.717) is 11.4 Å². The number of carbonyl (C=O) groups excluding carboxylic acids is 1. The van der Waals surface area contributed by atoms with E-state index in [9.17, 15) is 4.79 Å². The molecule has 0 unspecified atom stereocenters. The Morgan fingerprint density at radius 2 is 1.96 bits per heavy atom. The van der Waals surface area contributed by atoms with Crippen molar-refractivity contribution in [2.75, 3.05) is 5.32 Å². The summed E-state index contributed by atoms with van der Waals surface area (Å²) in [6, 6.07) is 11.1. The summed E-state index contributed by atoms with van der Waals surface area (Å²) < 4.78 is 7.15. The van der Waals surface area contributed by atoms with Crippen molar-refractivity contribution in [1.29, 1.82) is 0 Å². The molecular formula is C19H15N5O2. The highest BCUT2D eigenvalue weighted by Gasteiger charge is 2.16. The van der Waals surface area contributed by atoms with Gasteiger partial charge in [0.05, 0.1) is 5.69 Å². The van der Waals surface area contributed by atoms with Crippen molar-refractivity contribution in [3.8, 4) is 17.1 Å². The average Bonchev–Trinajstić information content (AvgIpc) is 3.32. The molecule has 26 heavy (non-hydrogen) atoms. The fraction of sp³-hybridized carbons (Fsp3) is 0.0526. The van der Waals surface area contributed by atoms with Gasteiger partial charge in [0.1, 0.15) is 17.7 Å². The van der Waals surface area contributed by atoms with Crippen molar-refractivity contribution >= 4 is 11.9 Å². The molecule has 0 radical (unpaired) electrons. The van der Waals surface area contributed by atoms with Gasteiger partial charge in [0.25, 0.3) is 5.91 Å². The van der Waals surface area contributed by atoms with Crippen LogP contribution >= 0.6 is 0 Å². The van der Waals surface area contributed by atoms with Crippen LogP contribution in [0.1, 0.15) is 16.1 Å². The van der Waals surface area contributed by atoms with E-state index in [1.165, 1.54) is 6.26 Å². The Balaban J connectivity index is 1.57. The Morgan fingerprint density at radius 1 is 1.12 bits per heavy atom. The van der Waals surface area contributed by atoms with Gasteiger partial charge in [-0.05, 0) is 42.8 Å². The molecule has 4 aromatic rings. The van der Waals surface area contributed by atoms with Gasteiger partial charge in [-0.1, -0.05) is 6.07 Å². The maximum absolute atomic E-state index is 12.6. The van der Waals surface area contributed by atoms with E-state index in [2.05, 4.69) is 20.3 Å². The van der Waals surface area contributed by atoms with Crippen LogP contribution in [0.4, 0.5) is 6.01 Å². The van der Waals surface area contributed by atoms with Crippen LogP contribution in [-0.4, -0.2) is 25.4 Å². The average molecular weight is 345 g/mol. The Morgan fingerprint density at radius 3 is 2.77 bits per heavy atom. The van der Waals surface area contributed by atoms with Gasteiger partial charge in [-0.25, -0.2) is 0 Å². The number of rotatable bonds is 4. The van der Waals surface area contributed by atoms with Crippen molar-refractivity contribution in [2.45, 2.75) is 6.92 Å². The maximum Gasteiger partial charge on any atom is 0.302 e. The van der Waals surface area contributed by atoms with E-state index in [0.717, 1.165) is 16.9 Å². The van der Waals surface area contributed by atoms with Crippen molar-refractivity contribution in [3.63, 3.8) is 0 Å². The number of aromatic nitrogens is 4. The van der Waals surface area contributed by atoms with Crippen LogP contribution in [0.2, 0.25) is 0 Å². The highest BCUT2D eigenvalue weighted by molar-refractivity contribution is 6.02. The normalized spacial score (nSPS) is 10.7. The quantitative estimate of drug-likeness (QED) is 0.612. The molecule has 1 N–H and O–H groups in total. The molecule has 1 amide bonds. The summed E-state index contributed by atoms with van der Waals surface area (Å²) in [6.45, 7) is 1.94. The number of amides is 1. The molecule has 0 aromatic carbocycles. The minimum Gasteiger partial charge on any atom is -0.431 e. The minimum atomic E-state index is -0.321. The summed E-state index contributed by atoms with van der Waals surface area (Å²) in [4.78, 5) is 25.2.